The molecule has 1 N–H and O–H groups in total. The van der Waals surface area contributed by atoms with Gasteiger partial charge in [0, 0.05) is 18.5 Å². The Bertz CT molecular complexity index is 1510. The first-order valence-corrected chi connectivity index (χ1v) is 14.0. The summed E-state index contributed by atoms with van der Waals surface area (Å²) in [5.74, 6) is -0.0736. The molecule has 0 radical (unpaired) electrons. The Kier molecular flexibility index (Phi) is 7.59. The molecule has 38 heavy (non-hydrogen) atoms. The summed E-state index contributed by atoms with van der Waals surface area (Å²) in [6, 6.07) is 27.8. The predicted octanol–water partition coefficient (Wildman–Crippen LogP) is 6.99. The Morgan fingerprint density at radius 2 is 1.71 bits per heavy atom. The largest absolute Gasteiger partial charge is 0.384 e. The monoisotopic (exact) mass is 537 g/mol. The van der Waals surface area contributed by atoms with E-state index < -0.39 is 0 Å². The Morgan fingerprint density at radius 3 is 2.39 bits per heavy atom. The zero-order chi connectivity index (χ0) is 26.6. The Balaban J connectivity index is 1.58. The molecule has 3 aromatic carbocycles. The normalized spacial score (nSPS) is 18.5. The van der Waals surface area contributed by atoms with Crippen LogP contribution in [0.25, 0.3) is 5.70 Å². The molecule has 0 spiro atoms. The van der Waals surface area contributed by atoms with Crippen LogP contribution in [0.15, 0.2) is 98.7 Å². The second kappa shape index (κ2) is 11.2. The molecule has 190 valence electrons. The van der Waals surface area contributed by atoms with Crippen molar-refractivity contribution in [3.8, 4) is 6.07 Å². The van der Waals surface area contributed by atoms with Crippen LogP contribution in [0, 0.1) is 11.3 Å². The SMILES string of the molecule is CCNc1ccc(C#N)cc1N=C1SC(=C2SC(C)=C(c3ccccc3)N2C)C(=O)N1Cc1ccccc1. The van der Waals surface area contributed by atoms with Gasteiger partial charge in [-0.25, -0.2) is 4.99 Å². The third-order valence-electron chi connectivity index (χ3n) is 6.22. The Morgan fingerprint density at radius 1 is 1.00 bits per heavy atom. The van der Waals surface area contributed by atoms with Gasteiger partial charge >= 0.3 is 0 Å². The second-order valence-corrected chi connectivity index (χ2v) is 11.0. The zero-order valence-electron chi connectivity index (χ0n) is 21.4. The molecule has 0 unspecified atom stereocenters. The summed E-state index contributed by atoms with van der Waals surface area (Å²) in [6.45, 7) is 5.23. The summed E-state index contributed by atoms with van der Waals surface area (Å²) in [6.07, 6.45) is 0. The number of hydrogen-bond donors (Lipinski definition) is 1. The standard InChI is InChI=1S/C30H27N5OS2/c1-4-32-24-16-15-22(18-31)17-25(24)33-30-35(19-21-11-7-5-8-12-21)28(36)27(38-30)29-34(3)26(20(2)37-29)23-13-9-6-10-14-23/h5-17,32H,4,19H2,1-3H3. The molecule has 5 rings (SSSR count). The minimum atomic E-state index is -0.0736. The number of carbonyl (C=O) groups is 1. The van der Waals surface area contributed by atoms with Crippen molar-refractivity contribution < 1.29 is 4.79 Å². The van der Waals surface area contributed by atoms with Gasteiger partial charge in [-0.1, -0.05) is 72.4 Å². The molecule has 0 bridgehead atoms. The first-order valence-electron chi connectivity index (χ1n) is 12.3. The highest BCUT2D eigenvalue weighted by atomic mass is 32.2. The average molecular weight is 538 g/mol. The third kappa shape index (κ3) is 5.08. The maximum Gasteiger partial charge on any atom is 0.269 e. The molecule has 1 fully saturated rings. The number of allylic oxidation sites excluding steroid dienone is 1. The van der Waals surface area contributed by atoms with Gasteiger partial charge in [0.05, 0.1) is 40.3 Å². The lowest BCUT2D eigenvalue weighted by Crippen LogP contribution is -2.29. The summed E-state index contributed by atoms with van der Waals surface area (Å²) in [5.41, 5.74) is 5.21. The van der Waals surface area contributed by atoms with E-state index in [2.05, 4.69) is 35.3 Å². The maximum atomic E-state index is 14.0. The van der Waals surface area contributed by atoms with Gasteiger partial charge in [0.25, 0.3) is 5.91 Å². The van der Waals surface area contributed by atoms with Crippen LogP contribution in [0.2, 0.25) is 0 Å². The summed E-state index contributed by atoms with van der Waals surface area (Å²) >= 11 is 3.01. The van der Waals surface area contributed by atoms with Gasteiger partial charge in [-0.3, -0.25) is 9.69 Å². The van der Waals surface area contributed by atoms with Crippen LogP contribution in [0.3, 0.4) is 0 Å². The summed E-state index contributed by atoms with van der Waals surface area (Å²) in [7, 11) is 2.01. The number of anilines is 1. The molecule has 0 atom stereocenters. The van der Waals surface area contributed by atoms with Crippen molar-refractivity contribution in [2.24, 2.45) is 4.99 Å². The highest BCUT2D eigenvalue weighted by Gasteiger charge is 2.39. The van der Waals surface area contributed by atoms with Crippen LogP contribution in [0.5, 0.6) is 0 Å². The number of nitrogens with zero attached hydrogens (tertiary/aromatic N) is 4. The molecule has 2 aliphatic rings. The van der Waals surface area contributed by atoms with Crippen molar-refractivity contribution in [3.63, 3.8) is 0 Å². The minimum absolute atomic E-state index is 0.0736. The van der Waals surface area contributed by atoms with E-state index in [1.807, 2.05) is 68.6 Å². The molecule has 6 nitrogen and oxygen atoms in total. The summed E-state index contributed by atoms with van der Waals surface area (Å²) in [4.78, 5) is 24.6. The van der Waals surface area contributed by atoms with Gasteiger partial charge in [0.2, 0.25) is 0 Å². The summed E-state index contributed by atoms with van der Waals surface area (Å²) in [5, 5.41) is 14.3. The quantitative estimate of drug-likeness (QED) is 0.342. The fraction of sp³-hybridized carbons (Fsp3) is 0.167. The van der Waals surface area contributed by atoms with Crippen molar-refractivity contribution >= 4 is 51.7 Å². The number of amidine groups is 1. The van der Waals surface area contributed by atoms with Crippen LogP contribution < -0.4 is 5.32 Å². The van der Waals surface area contributed by atoms with Crippen LogP contribution in [0.1, 0.15) is 30.5 Å². The van der Waals surface area contributed by atoms with Gasteiger partial charge in [-0.2, -0.15) is 5.26 Å². The van der Waals surface area contributed by atoms with Crippen LogP contribution in [-0.2, 0) is 11.3 Å². The van der Waals surface area contributed by atoms with Crippen LogP contribution in [-0.4, -0.2) is 34.5 Å². The Hall–Kier alpha value is -3.93. The predicted molar refractivity (Wildman–Crippen MR) is 158 cm³/mol. The lowest BCUT2D eigenvalue weighted by Gasteiger charge is -2.19. The van der Waals surface area contributed by atoms with E-state index >= 15 is 0 Å². The van der Waals surface area contributed by atoms with Crippen LogP contribution in [0.4, 0.5) is 11.4 Å². The number of aliphatic imine (C=N–C) groups is 1. The van der Waals surface area contributed by atoms with Crippen molar-refractivity contribution in [3.05, 3.63) is 110 Å². The van der Waals surface area contributed by atoms with E-state index in [4.69, 9.17) is 4.99 Å². The molecule has 0 aromatic heterocycles. The lowest BCUT2D eigenvalue weighted by molar-refractivity contribution is -0.122. The van der Waals surface area contributed by atoms with E-state index in [0.717, 1.165) is 32.4 Å². The molecule has 0 aliphatic carbocycles. The van der Waals surface area contributed by atoms with Gasteiger partial charge < -0.3 is 10.2 Å². The number of benzene rings is 3. The van der Waals surface area contributed by atoms with Crippen molar-refractivity contribution in [2.75, 3.05) is 18.9 Å². The van der Waals surface area contributed by atoms with Gasteiger partial charge in [-0.05, 0) is 54.9 Å². The fourth-order valence-electron chi connectivity index (χ4n) is 4.45. The van der Waals surface area contributed by atoms with Crippen molar-refractivity contribution in [1.82, 2.24) is 9.80 Å². The number of thioether (sulfide) groups is 2. The van der Waals surface area contributed by atoms with E-state index in [1.54, 1.807) is 28.8 Å². The smallest absolute Gasteiger partial charge is 0.269 e. The minimum Gasteiger partial charge on any atom is -0.384 e. The lowest BCUT2D eigenvalue weighted by atomic mass is 10.1. The van der Waals surface area contributed by atoms with Crippen molar-refractivity contribution in [2.45, 2.75) is 20.4 Å². The number of nitrogens with one attached hydrogen (secondary N) is 1. The first-order chi connectivity index (χ1) is 18.5. The number of nitriles is 1. The number of hydrogen-bond acceptors (Lipinski definition) is 7. The molecule has 1 saturated heterocycles. The van der Waals surface area contributed by atoms with E-state index in [1.165, 1.54) is 11.8 Å². The maximum absolute atomic E-state index is 14.0. The van der Waals surface area contributed by atoms with E-state index in [-0.39, 0.29) is 5.91 Å². The average Bonchev–Trinajstić information content (AvgIpc) is 3.40. The molecular weight excluding hydrogens is 510 g/mol. The molecule has 2 heterocycles. The van der Waals surface area contributed by atoms with E-state index in [9.17, 15) is 10.1 Å². The fourth-order valence-corrected chi connectivity index (χ4v) is 6.76. The second-order valence-electron chi connectivity index (χ2n) is 8.81. The number of rotatable bonds is 6. The van der Waals surface area contributed by atoms with Crippen LogP contribution >= 0.6 is 23.5 Å². The van der Waals surface area contributed by atoms with Gasteiger partial charge in [0.15, 0.2) is 5.17 Å². The van der Waals surface area contributed by atoms with Gasteiger partial charge in [-0.15, -0.1) is 0 Å². The molecule has 1 amide bonds. The Labute approximate surface area is 231 Å². The number of amides is 1. The first kappa shape index (κ1) is 25.7. The summed E-state index contributed by atoms with van der Waals surface area (Å²) < 4.78 is 0. The number of carbonyl (C=O) groups excluding carboxylic acids is 1. The topological polar surface area (TPSA) is 71.7 Å². The molecule has 3 aromatic rings. The third-order valence-corrected chi connectivity index (χ3v) is 8.59. The van der Waals surface area contributed by atoms with Gasteiger partial charge in [0.1, 0.15) is 4.91 Å². The van der Waals surface area contributed by atoms with E-state index in [0.29, 0.717) is 34.4 Å². The highest BCUT2D eigenvalue weighted by Crippen LogP contribution is 2.50. The van der Waals surface area contributed by atoms with Crippen molar-refractivity contribution in [1.29, 1.82) is 5.26 Å². The highest BCUT2D eigenvalue weighted by molar-refractivity contribution is 8.19. The molecule has 0 saturated carbocycles. The molecular formula is C30H27N5OS2. The molecule has 8 heteroatoms. The zero-order valence-corrected chi connectivity index (χ0v) is 23.1. The molecule has 2 aliphatic heterocycles.